The van der Waals surface area contributed by atoms with E-state index in [0.717, 1.165) is 25.7 Å². The van der Waals surface area contributed by atoms with Crippen LogP contribution in [0.3, 0.4) is 0 Å². The Morgan fingerprint density at radius 3 is 2.05 bits per heavy atom. The Bertz CT molecular complexity index is 365. The van der Waals surface area contributed by atoms with Crippen molar-refractivity contribution in [3.63, 3.8) is 0 Å². The molecule has 8 heteroatoms. The minimum atomic E-state index is -2.62. The normalized spacial score (nSPS) is 12.8. The topological polar surface area (TPSA) is 121 Å². The maximum absolute atomic E-state index is 11.4. The van der Waals surface area contributed by atoms with Crippen LogP contribution in [0.5, 0.6) is 0 Å². The fraction of sp³-hybridized carbons (Fsp3) is 0.786. The van der Waals surface area contributed by atoms with Gasteiger partial charge in [-0.25, -0.2) is 4.79 Å². The molecule has 0 bridgehead atoms. The molecule has 0 radical (unpaired) electrons. The molecule has 0 amide bonds. The largest absolute Gasteiger partial charge is 1.00 e. The van der Waals surface area contributed by atoms with Crippen molar-refractivity contribution in [2.45, 2.75) is 63.9 Å². The Morgan fingerprint density at radius 2 is 1.55 bits per heavy atom. The first-order chi connectivity index (χ1) is 9.81. The molecule has 0 aliphatic rings. The Morgan fingerprint density at radius 1 is 1.00 bits per heavy atom. The third-order valence-corrected chi connectivity index (χ3v) is 3.04. The van der Waals surface area contributed by atoms with Gasteiger partial charge in [0.25, 0.3) is 0 Å². The molecule has 0 fully saturated rings. The molecule has 0 aliphatic carbocycles. The molecule has 0 aromatic rings. The first-order valence-corrected chi connectivity index (χ1v) is 7.15. The van der Waals surface area contributed by atoms with Crippen LogP contribution in [0.25, 0.3) is 0 Å². The molecule has 1 unspecified atom stereocenters. The number of ether oxygens (including phenoxy) is 1. The van der Waals surface area contributed by atoms with Crippen LogP contribution in [0.15, 0.2) is 0 Å². The summed E-state index contributed by atoms with van der Waals surface area (Å²) >= 11 is 0. The van der Waals surface area contributed by atoms with Crippen molar-refractivity contribution < 1.29 is 65.4 Å². The molecule has 3 N–H and O–H groups in total. The van der Waals surface area contributed by atoms with Crippen LogP contribution >= 0.6 is 0 Å². The SMILES string of the molecule is CCCCCCCCOC(=O)CC(O)(CC(=O)O)C(=O)O.[H-].[Na+]. The van der Waals surface area contributed by atoms with Crippen LogP contribution in [-0.2, 0) is 19.1 Å². The Hall–Kier alpha value is -0.630. The van der Waals surface area contributed by atoms with Gasteiger partial charge in [0, 0.05) is 0 Å². The van der Waals surface area contributed by atoms with Crippen molar-refractivity contribution >= 4 is 17.9 Å². The van der Waals surface area contributed by atoms with Crippen LogP contribution in [-0.4, -0.2) is 45.4 Å². The second-order valence-corrected chi connectivity index (χ2v) is 5.07. The zero-order chi connectivity index (χ0) is 16.3. The van der Waals surface area contributed by atoms with Crippen molar-refractivity contribution in [2.24, 2.45) is 0 Å². The van der Waals surface area contributed by atoms with Gasteiger partial charge < -0.3 is 21.5 Å². The summed E-state index contributed by atoms with van der Waals surface area (Å²) < 4.78 is 4.82. The van der Waals surface area contributed by atoms with Crippen molar-refractivity contribution in [2.75, 3.05) is 6.61 Å². The quantitative estimate of drug-likeness (QED) is 0.231. The van der Waals surface area contributed by atoms with E-state index in [1.165, 1.54) is 6.42 Å². The molecule has 0 rings (SSSR count). The van der Waals surface area contributed by atoms with Gasteiger partial charge in [0.1, 0.15) is 0 Å². The summed E-state index contributed by atoms with van der Waals surface area (Å²) in [5, 5.41) is 27.0. The average Bonchev–Trinajstić information content (AvgIpc) is 2.36. The van der Waals surface area contributed by atoms with Gasteiger partial charge in [-0.1, -0.05) is 39.0 Å². The van der Waals surface area contributed by atoms with Gasteiger partial charge in [-0.2, -0.15) is 0 Å². The number of carbonyl (C=O) groups excluding carboxylic acids is 1. The standard InChI is InChI=1S/C14H24O7.Na.H/c1-2-3-4-5-6-7-8-21-12(17)10-14(20,13(18)19)9-11(15)16;;/h20H,2-10H2,1H3,(H,15,16)(H,18,19);;/q;+1;-1. The summed E-state index contributed by atoms with van der Waals surface area (Å²) in [5.74, 6) is -4.15. The monoisotopic (exact) mass is 328 g/mol. The van der Waals surface area contributed by atoms with Crippen molar-refractivity contribution in [3.8, 4) is 0 Å². The van der Waals surface area contributed by atoms with Gasteiger partial charge in [0.05, 0.1) is 19.4 Å². The summed E-state index contributed by atoms with van der Waals surface area (Å²) in [6.07, 6.45) is 4.14. The average molecular weight is 328 g/mol. The van der Waals surface area contributed by atoms with Gasteiger partial charge in [-0.3, -0.25) is 9.59 Å². The second-order valence-electron chi connectivity index (χ2n) is 5.07. The van der Waals surface area contributed by atoms with E-state index in [-0.39, 0.29) is 37.6 Å². The van der Waals surface area contributed by atoms with E-state index in [2.05, 4.69) is 6.92 Å². The second kappa shape index (κ2) is 12.9. The Kier molecular flexibility index (Phi) is 13.8. The molecule has 0 spiro atoms. The third-order valence-electron chi connectivity index (χ3n) is 3.04. The van der Waals surface area contributed by atoms with E-state index < -0.39 is 36.4 Å². The first-order valence-electron chi connectivity index (χ1n) is 7.15. The number of carboxylic acids is 2. The minimum Gasteiger partial charge on any atom is -1.00 e. The molecule has 7 nitrogen and oxygen atoms in total. The van der Waals surface area contributed by atoms with Gasteiger partial charge in [-0.05, 0) is 6.42 Å². The summed E-state index contributed by atoms with van der Waals surface area (Å²) in [4.78, 5) is 32.8. The molecule has 0 aliphatic heterocycles. The summed E-state index contributed by atoms with van der Waals surface area (Å²) in [6.45, 7) is 2.26. The molecule has 0 saturated heterocycles. The molecule has 0 saturated carbocycles. The number of aliphatic carboxylic acids is 2. The van der Waals surface area contributed by atoms with Crippen molar-refractivity contribution in [1.29, 1.82) is 0 Å². The zero-order valence-electron chi connectivity index (χ0n) is 14.3. The fourth-order valence-electron chi connectivity index (χ4n) is 1.82. The predicted octanol–water partition coefficient (Wildman–Crippen LogP) is -1.31. The number of unbranched alkanes of at least 4 members (excludes halogenated alkanes) is 5. The van der Waals surface area contributed by atoms with E-state index in [1.54, 1.807) is 0 Å². The molecule has 1 atom stereocenters. The van der Waals surface area contributed by atoms with E-state index >= 15 is 0 Å². The number of rotatable bonds is 12. The van der Waals surface area contributed by atoms with Crippen LogP contribution in [0.4, 0.5) is 0 Å². The molecule has 0 aromatic carbocycles. The molecule has 124 valence electrons. The zero-order valence-corrected chi connectivity index (χ0v) is 15.3. The minimum absolute atomic E-state index is 0. The predicted molar refractivity (Wildman–Crippen MR) is 74.9 cm³/mol. The third kappa shape index (κ3) is 11.0. The number of hydrogen-bond donors (Lipinski definition) is 3. The van der Waals surface area contributed by atoms with Crippen LogP contribution in [0, 0.1) is 0 Å². The van der Waals surface area contributed by atoms with Crippen molar-refractivity contribution in [1.82, 2.24) is 0 Å². The van der Waals surface area contributed by atoms with Crippen LogP contribution in [0.1, 0.15) is 59.7 Å². The number of hydrogen-bond acceptors (Lipinski definition) is 5. The van der Waals surface area contributed by atoms with Crippen LogP contribution < -0.4 is 29.6 Å². The summed E-state index contributed by atoms with van der Waals surface area (Å²) in [7, 11) is 0. The maximum atomic E-state index is 11.4. The van der Waals surface area contributed by atoms with E-state index in [0.29, 0.717) is 6.42 Å². The molecular formula is C14H25NaO7. The van der Waals surface area contributed by atoms with E-state index in [4.69, 9.17) is 14.9 Å². The molecular weight excluding hydrogens is 303 g/mol. The van der Waals surface area contributed by atoms with E-state index in [1.807, 2.05) is 0 Å². The molecule has 0 aromatic heterocycles. The summed E-state index contributed by atoms with van der Waals surface area (Å²) in [5.41, 5.74) is -2.62. The van der Waals surface area contributed by atoms with Crippen molar-refractivity contribution in [3.05, 3.63) is 0 Å². The Labute approximate surface area is 153 Å². The smallest absolute Gasteiger partial charge is 1.00 e. The number of esters is 1. The van der Waals surface area contributed by atoms with Gasteiger partial charge in [-0.15, -0.1) is 0 Å². The van der Waals surface area contributed by atoms with Gasteiger partial charge in [0.2, 0.25) is 0 Å². The first kappa shape index (κ1) is 23.6. The van der Waals surface area contributed by atoms with Gasteiger partial charge >= 0.3 is 47.5 Å². The number of aliphatic hydroxyl groups is 1. The maximum Gasteiger partial charge on any atom is 1.00 e. The van der Waals surface area contributed by atoms with Crippen LogP contribution in [0.2, 0.25) is 0 Å². The molecule has 22 heavy (non-hydrogen) atoms. The Balaban J connectivity index is -0.00000200. The van der Waals surface area contributed by atoms with Gasteiger partial charge in [0.15, 0.2) is 5.60 Å². The fourth-order valence-corrected chi connectivity index (χ4v) is 1.82. The number of carboxylic acid groups (broad SMARTS) is 2. The summed E-state index contributed by atoms with van der Waals surface area (Å²) in [6, 6.07) is 0. The molecule has 0 heterocycles. The van der Waals surface area contributed by atoms with E-state index in [9.17, 15) is 19.5 Å². The number of carbonyl (C=O) groups is 3.